The van der Waals surface area contributed by atoms with Gasteiger partial charge < -0.3 is 4.74 Å². The zero-order chi connectivity index (χ0) is 9.10. The Morgan fingerprint density at radius 1 is 1.69 bits per heavy atom. The van der Waals surface area contributed by atoms with Gasteiger partial charge in [-0.05, 0) is 6.08 Å². The van der Waals surface area contributed by atoms with Crippen molar-refractivity contribution in [3.8, 4) is 0 Å². The van der Waals surface area contributed by atoms with Gasteiger partial charge >= 0.3 is 0 Å². The van der Waals surface area contributed by atoms with Crippen LogP contribution in [0.5, 0.6) is 0 Å². The van der Waals surface area contributed by atoms with E-state index in [2.05, 4.69) is 20.8 Å². The summed E-state index contributed by atoms with van der Waals surface area (Å²) in [5.74, 6) is 6.21. The van der Waals surface area contributed by atoms with Gasteiger partial charge in [-0.25, -0.2) is 5.43 Å². The summed E-state index contributed by atoms with van der Waals surface area (Å²) >= 11 is 0. The lowest BCUT2D eigenvalue weighted by molar-refractivity contribution is 0.214. The van der Waals surface area contributed by atoms with E-state index in [4.69, 9.17) is 10.6 Å². The van der Waals surface area contributed by atoms with Gasteiger partial charge in [0.1, 0.15) is 17.5 Å². The number of hydrogen-bond acceptors (Lipinski definition) is 5. The van der Waals surface area contributed by atoms with Gasteiger partial charge in [-0.15, -0.1) is 0 Å². The molecule has 1 aromatic heterocycles. The molecule has 1 aliphatic heterocycles. The summed E-state index contributed by atoms with van der Waals surface area (Å²) in [5.41, 5.74) is 3.36. The highest BCUT2D eigenvalue weighted by Crippen LogP contribution is 2.23. The van der Waals surface area contributed by atoms with Crippen LogP contribution in [0.4, 0.5) is 0 Å². The average molecular weight is 181 g/mol. The number of nitrogens with one attached hydrogen (secondary N) is 2. The van der Waals surface area contributed by atoms with Crippen molar-refractivity contribution in [1.82, 2.24) is 20.8 Å². The average Bonchev–Trinajstić information content (AvgIpc) is 2.76. The van der Waals surface area contributed by atoms with Crippen LogP contribution in [-0.4, -0.2) is 22.0 Å². The Kier molecular flexibility index (Phi) is 2.24. The van der Waals surface area contributed by atoms with Gasteiger partial charge in [0.05, 0.1) is 12.8 Å². The number of ether oxygens (including phenoxy) is 1. The van der Waals surface area contributed by atoms with Crippen molar-refractivity contribution in [2.45, 2.75) is 12.5 Å². The molecule has 0 amide bonds. The van der Waals surface area contributed by atoms with E-state index in [9.17, 15) is 0 Å². The van der Waals surface area contributed by atoms with Crippen molar-refractivity contribution in [2.75, 3.05) is 6.61 Å². The summed E-state index contributed by atoms with van der Waals surface area (Å²) in [6.45, 7) is 0.714. The van der Waals surface area contributed by atoms with Gasteiger partial charge in [0.15, 0.2) is 0 Å². The monoisotopic (exact) mass is 181 g/mol. The van der Waals surface area contributed by atoms with E-state index < -0.39 is 0 Å². The quantitative estimate of drug-likeness (QED) is 0.436. The fourth-order valence-electron chi connectivity index (χ4n) is 1.30. The highest BCUT2D eigenvalue weighted by Gasteiger charge is 2.21. The fraction of sp³-hybridized carbons (Fsp3) is 0.429. The molecule has 4 N–H and O–H groups in total. The molecule has 0 aliphatic carbocycles. The van der Waals surface area contributed by atoms with Gasteiger partial charge in [-0.1, -0.05) is 0 Å². The Hall–Kier alpha value is -1.40. The minimum absolute atomic E-state index is 0.193. The van der Waals surface area contributed by atoms with Crippen LogP contribution in [0.2, 0.25) is 0 Å². The maximum atomic E-state index is 5.39. The Morgan fingerprint density at radius 2 is 2.62 bits per heavy atom. The lowest BCUT2D eigenvalue weighted by atomic mass is 10.2. The number of rotatable bonds is 3. The zero-order valence-electron chi connectivity index (χ0n) is 7.03. The second-order valence-corrected chi connectivity index (χ2v) is 2.74. The van der Waals surface area contributed by atoms with Gasteiger partial charge in [-0.2, -0.15) is 15.4 Å². The Bertz CT molecular complexity index is 294. The van der Waals surface area contributed by atoms with E-state index in [0.29, 0.717) is 6.61 Å². The lowest BCUT2D eigenvalue weighted by Gasteiger charge is -2.13. The first-order valence-electron chi connectivity index (χ1n) is 4.06. The van der Waals surface area contributed by atoms with Crippen LogP contribution < -0.4 is 11.3 Å². The lowest BCUT2D eigenvalue weighted by Crippen LogP contribution is -2.30. The third-order valence-corrected chi connectivity index (χ3v) is 1.91. The smallest absolute Gasteiger partial charge is 0.123 e. The summed E-state index contributed by atoms with van der Waals surface area (Å²) in [4.78, 5) is 0. The molecule has 13 heavy (non-hydrogen) atoms. The maximum absolute atomic E-state index is 5.39. The van der Waals surface area contributed by atoms with E-state index in [0.717, 1.165) is 17.9 Å². The van der Waals surface area contributed by atoms with Gasteiger partial charge in [0.2, 0.25) is 0 Å². The van der Waals surface area contributed by atoms with Crippen LogP contribution in [-0.2, 0) is 4.74 Å². The van der Waals surface area contributed by atoms with Crippen LogP contribution in [0.1, 0.15) is 18.2 Å². The summed E-state index contributed by atoms with van der Waals surface area (Å²) in [5, 5.41) is 10.2. The molecule has 6 heteroatoms. The molecule has 6 nitrogen and oxygen atoms in total. The van der Waals surface area contributed by atoms with Gasteiger partial charge in [0.25, 0.3) is 0 Å². The van der Waals surface area contributed by atoms with E-state index in [1.54, 1.807) is 6.20 Å². The molecule has 1 aromatic rings. The van der Waals surface area contributed by atoms with Crippen molar-refractivity contribution in [3.05, 3.63) is 23.7 Å². The predicted octanol–water partition coefficient (Wildman–Crippen LogP) is -0.387. The number of aromatic amines is 1. The number of aromatic nitrogens is 3. The zero-order valence-corrected chi connectivity index (χ0v) is 7.03. The van der Waals surface area contributed by atoms with Crippen molar-refractivity contribution < 1.29 is 4.74 Å². The number of hydrazine groups is 1. The molecule has 0 saturated carbocycles. The first kappa shape index (κ1) is 8.21. The molecule has 0 spiro atoms. The van der Waals surface area contributed by atoms with Gasteiger partial charge in [-0.3, -0.25) is 5.84 Å². The molecule has 0 saturated heterocycles. The summed E-state index contributed by atoms with van der Waals surface area (Å²) in [7, 11) is 0. The Labute approximate surface area is 75.1 Å². The Balaban J connectivity index is 2.18. The minimum atomic E-state index is -0.193. The molecule has 2 rings (SSSR count). The molecule has 0 aromatic carbocycles. The number of nitrogens with zero attached hydrogens (tertiary/aromatic N) is 2. The number of nitrogens with two attached hydrogens (primary N) is 1. The molecule has 70 valence electrons. The Morgan fingerprint density at radius 3 is 3.15 bits per heavy atom. The molecule has 0 bridgehead atoms. The third-order valence-electron chi connectivity index (χ3n) is 1.91. The highest BCUT2D eigenvalue weighted by molar-refractivity contribution is 5.16. The van der Waals surface area contributed by atoms with E-state index >= 15 is 0 Å². The molecule has 2 heterocycles. The van der Waals surface area contributed by atoms with E-state index in [1.807, 2.05) is 6.08 Å². The van der Waals surface area contributed by atoms with E-state index in [1.165, 1.54) is 0 Å². The minimum Gasteiger partial charge on any atom is -0.496 e. The molecule has 1 aliphatic rings. The first-order chi connectivity index (χ1) is 6.42. The molecule has 0 radical (unpaired) electrons. The molecular weight excluding hydrogens is 170 g/mol. The van der Waals surface area contributed by atoms with Crippen LogP contribution in [0.3, 0.4) is 0 Å². The molecule has 1 unspecified atom stereocenters. The second kappa shape index (κ2) is 3.55. The van der Waals surface area contributed by atoms with Crippen LogP contribution >= 0.6 is 0 Å². The largest absolute Gasteiger partial charge is 0.496 e. The SMILES string of the molecule is NNC(C1=CCCO1)c1cn[nH]n1. The normalized spacial score (nSPS) is 18.1. The number of hydrogen-bond donors (Lipinski definition) is 3. The standard InChI is InChI=1S/C7H11N5O/c8-10-7(5-4-9-12-11-5)6-2-1-3-13-6/h2,4,7,10H,1,3,8H2,(H,9,11,12). The van der Waals surface area contributed by atoms with Crippen LogP contribution in [0.15, 0.2) is 18.0 Å². The first-order valence-corrected chi connectivity index (χ1v) is 4.06. The molecule has 1 atom stereocenters. The molecule has 0 fully saturated rings. The van der Waals surface area contributed by atoms with Crippen molar-refractivity contribution in [2.24, 2.45) is 5.84 Å². The van der Waals surface area contributed by atoms with E-state index in [-0.39, 0.29) is 6.04 Å². The highest BCUT2D eigenvalue weighted by atomic mass is 16.5. The molecular formula is C7H11N5O. The fourth-order valence-corrected chi connectivity index (χ4v) is 1.30. The summed E-state index contributed by atoms with van der Waals surface area (Å²) in [6, 6.07) is -0.193. The maximum Gasteiger partial charge on any atom is 0.123 e. The van der Waals surface area contributed by atoms with Gasteiger partial charge in [0, 0.05) is 6.42 Å². The van der Waals surface area contributed by atoms with Crippen LogP contribution in [0.25, 0.3) is 0 Å². The number of H-pyrrole nitrogens is 1. The van der Waals surface area contributed by atoms with Crippen molar-refractivity contribution in [1.29, 1.82) is 0 Å². The summed E-state index contributed by atoms with van der Waals surface area (Å²) < 4.78 is 5.37. The predicted molar refractivity (Wildman–Crippen MR) is 45.1 cm³/mol. The van der Waals surface area contributed by atoms with Crippen LogP contribution in [0, 0.1) is 0 Å². The topological polar surface area (TPSA) is 88.9 Å². The van der Waals surface area contributed by atoms with Crippen molar-refractivity contribution >= 4 is 0 Å². The van der Waals surface area contributed by atoms with Crippen molar-refractivity contribution in [3.63, 3.8) is 0 Å². The second-order valence-electron chi connectivity index (χ2n) is 2.74. The summed E-state index contributed by atoms with van der Waals surface area (Å²) in [6.07, 6.45) is 4.54. The third kappa shape index (κ3) is 1.53.